The number of rotatable bonds is 6. The van der Waals surface area contributed by atoms with Crippen LogP contribution in [0.2, 0.25) is 0 Å². The Labute approximate surface area is 113 Å². The van der Waals surface area contributed by atoms with E-state index in [9.17, 15) is 9.59 Å². The minimum absolute atomic E-state index is 0.0651. The number of benzene rings is 1. The normalized spacial score (nSPS) is 11.9. The maximum absolute atomic E-state index is 11.2. The van der Waals surface area contributed by atoms with Gasteiger partial charge in [-0.25, -0.2) is 0 Å². The molecule has 3 N–H and O–H groups in total. The maximum atomic E-state index is 11.2. The van der Waals surface area contributed by atoms with E-state index in [4.69, 9.17) is 10.8 Å². The van der Waals surface area contributed by atoms with Crippen molar-refractivity contribution in [3.05, 3.63) is 29.3 Å². The topological polar surface area (TPSA) is 83.6 Å². The Morgan fingerprint density at radius 1 is 1.42 bits per heavy atom. The summed E-state index contributed by atoms with van der Waals surface area (Å²) in [6.07, 6.45) is 0.837. The minimum atomic E-state index is -0.878. The van der Waals surface area contributed by atoms with Crippen molar-refractivity contribution < 1.29 is 14.7 Å². The summed E-state index contributed by atoms with van der Waals surface area (Å²) in [4.78, 5) is 23.9. The van der Waals surface area contributed by atoms with Crippen molar-refractivity contribution in [3.63, 3.8) is 0 Å². The zero-order valence-corrected chi connectivity index (χ0v) is 11.5. The molecule has 5 nitrogen and oxygen atoms in total. The molecule has 0 fully saturated rings. The number of primary amides is 1. The molecule has 0 radical (unpaired) electrons. The number of aryl methyl sites for hydroxylation is 1. The third kappa shape index (κ3) is 3.71. The molecular formula is C14H20N2O3. The Kier molecular flexibility index (Phi) is 4.92. The van der Waals surface area contributed by atoms with E-state index < -0.39 is 11.9 Å². The number of aliphatic carboxylic acids is 1. The summed E-state index contributed by atoms with van der Waals surface area (Å²) in [7, 11) is 0. The lowest BCUT2D eigenvalue weighted by molar-refractivity contribution is -0.135. The van der Waals surface area contributed by atoms with Crippen molar-refractivity contribution in [2.75, 3.05) is 11.4 Å². The number of carboxylic acid groups (broad SMARTS) is 1. The summed E-state index contributed by atoms with van der Waals surface area (Å²) < 4.78 is 0. The highest BCUT2D eigenvalue weighted by Gasteiger charge is 2.17. The molecule has 0 spiro atoms. The van der Waals surface area contributed by atoms with Gasteiger partial charge in [-0.1, -0.05) is 6.92 Å². The molecule has 1 unspecified atom stereocenters. The minimum Gasteiger partial charge on any atom is -0.480 e. The molecule has 1 amide bonds. The van der Waals surface area contributed by atoms with Gasteiger partial charge in [0.2, 0.25) is 5.91 Å². The predicted molar refractivity (Wildman–Crippen MR) is 74.4 cm³/mol. The van der Waals surface area contributed by atoms with Crippen molar-refractivity contribution in [1.82, 2.24) is 0 Å². The molecular weight excluding hydrogens is 244 g/mol. The lowest BCUT2D eigenvalue weighted by atomic mass is 10.1. The number of carboxylic acids is 1. The van der Waals surface area contributed by atoms with Gasteiger partial charge in [0.1, 0.15) is 6.54 Å². The van der Waals surface area contributed by atoms with Crippen LogP contribution in [0.5, 0.6) is 0 Å². The number of hydrogen-bond acceptors (Lipinski definition) is 3. The quantitative estimate of drug-likeness (QED) is 0.820. The van der Waals surface area contributed by atoms with E-state index in [0.717, 1.165) is 17.7 Å². The number of carbonyl (C=O) groups is 2. The summed E-state index contributed by atoms with van der Waals surface area (Å²) in [5.74, 6) is -1.35. The number of nitrogens with zero attached hydrogens (tertiary/aromatic N) is 1. The van der Waals surface area contributed by atoms with Gasteiger partial charge in [-0.15, -0.1) is 0 Å². The van der Waals surface area contributed by atoms with Gasteiger partial charge in [0, 0.05) is 17.3 Å². The summed E-state index contributed by atoms with van der Waals surface area (Å²) in [5.41, 5.74) is 7.27. The number of carbonyl (C=O) groups excluding carboxylic acids is 1. The summed E-state index contributed by atoms with van der Waals surface area (Å²) in [6.45, 7) is 5.70. The van der Waals surface area contributed by atoms with Crippen LogP contribution < -0.4 is 10.6 Å². The van der Waals surface area contributed by atoms with Crippen LogP contribution in [0.15, 0.2) is 18.2 Å². The lowest BCUT2D eigenvalue weighted by Gasteiger charge is -2.29. The van der Waals surface area contributed by atoms with E-state index in [1.54, 1.807) is 30.0 Å². The molecule has 0 aromatic heterocycles. The number of hydrogen-bond donors (Lipinski definition) is 2. The smallest absolute Gasteiger partial charge is 0.323 e. The average Bonchev–Trinajstić information content (AvgIpc) is 2.34. The van der Waals surface area contributed by atoms with E-state index in [-0.39, 0.29) is 12.6 Å². The molecule has 1 atom stereocenters. The van der Waals surface area contributed by atoms with E-state index in [1.165, 1.54) is 0 Å². The first-order valence-corrected chi connectivity index (χ1v) is 6.25. The summed E-state index contributed by atoms with van der Waals surface area (Å²) >= 11 is 0. The van der Waals surface area contributed by atoms with Crippen LogP contribution in [-0.4, -0.2) is 29.6 Å². The summed E-state index contributed by atoms with van der Waals surface area (Å²) in [6, 6.07) is 5.29. The maximum Gasteiger partial charge on any atom is 0.323 e. The zero-order chi connectivity index (χ0) is 14.6. The van der Waals surface area contributed by atoms with E-state index in [1.807, 2.05) is 13.8 Å². The van der Waals surface area contributed by atoms with Gasteiger partial charge in [-0.2, -0.15) is 0 Å². The number of nitrogens with two attached hydrogens (primary N) is 1. The lowest BCUT2D eigenvalue weighted by Crippen LogP contribution is -2.37. The van der Waals surface area contributed by atoms with Gasteiger partial charge in [-0.05, 0) is 44.0 Å². The first-order valence-electron chi connectivity index (χ1n) is 6.25. The fourth-order valence-electron chi connectivity index (χ4n) is 1.97. The van der Waals surface area contributed by atoms with Crippen LogP contribution >= 0.6 is 0 Å². The predicted octanol–water partition coefficient (Wildman–Crippen LogP) is 1.78. The van der Waals surface area contributed by atoms with Crippen LogP contribution in [0.3, 0.4) is 0 Å². The number of amides is 1. The number of anilines is 1. The van der Waals surface area contributed by atoms with Crippen molar-refractivity contribution in [2.24, 2.45) is 5.73 Å². The molecule has 0 aliphatic carbocycles. The van der Waals surface area contributed by atoms with E-state index >= 15 is 0 Å². The van der Waals surface area contributed by atoms with Crippen molar-refractivity contribution in [3.8, 4) is 0 Å². The highest BCUT2D eigenvalue weighted by molar-refractivity contribution is 5.94. The molecule has 0 aliphatic rings. The monoisotopic (exact) mass is 264 g/mol. The molecule has 104 valence electrons. The Morgan fingerprint density at radius 3 is 2.47 bits per heavy atom. The highest BCUT2D eigenvalue weighted by Crippen LogP contribution is 2.22. The average molecular weight is 264 g/mol. The first-order chi connectivity index (χ1) is 8.86. The second-order valence-electron chi connectivity index (χ2n) is 4.64. The fraction of sp³-hybridized carbons (Fsp3) is 0.429. The molecule has 1 rings (SSSR count). The van der Waals surface area contributed by atoms with Gasteiger partial charge >= 0.3 is 5.97 Å². The van der Waals surface area contributed by atoms with Gasteiger partial charge in [0.05, 0.1) is 0 Å². The van der Waals surface area contributed by atoms with Gasteiger partial charge in [0.25, 0.3) is 0 Å². The van der Waals surface area contributed by atoms with Crippen LogP contribution in [0, 0.1) is 6.92 Å². The zero-order valence-electron chi connectivity index (χ0n) is 11.5. The van der Waals surface area contributed by atoms with Crippen LogP contribution in [0.1, 0.15) is 36.2 Å². The molecule has 1 aromatic carbocycles. The van der Waals surface area contributed by atoms with Gasteiger partial charge < -0.3 is 15.7 Å². The summed E-state index contributed by atoms with van der Waals surface area (Å²) in [5, 5.41) is 8.99. The Hall–Kier alpha value is -2.04. The van der Waals surface area contributed by atoms with E-state index in [0.29, 0.717) is 5.56 Å². The van der Waals surface area contributed by atoms with Gasteiger partial charge in [0.15, 0.2) is 0 Å². The Bertz CT molecular complexity index is 486. The van der Waals surface area contributed by atoms with E-state index in [2.05, 4.69) is 0 Å². The Balaban J connectivity index is 3.12. The second kappa shape index (κ2) is 6.22. The van der Waals surface area contributed by atoms with Crippen molar-refractivity contribution in [2.45, 2.75) is 33.2 Å². The molecule has 0 saturated carbocycles. The standard InChI is InChI=1S/C14H20N2O3/c1-4-10(3)16(8-13(17)18)11-5-6-12(14(15)19)9(2)7-11/h5-7,10H,4,8H2,1-3H3,(H2,15,19)(H,17,18). The molecule has 0 saturated heterocycles. The molecule has 0 aliphatic heterocycles. The van der Waals surface area contributed by atoms with Crippen molar-refractivity contribution in [1.29, 1.82) is 0 Å². The second-order valence-corrected chi connectivity index (χ2v) is 4.64. The highest BCUT2D eigenvalue weighted by atomic mass is 16.4. The molecule has 19 heavy (non-hydrogen) atoms. The largest absolute Gasteiger partial charge is 0.480 e. The first kappa shape index (κ1) is 15.0. The molecule has 5 heteroatoms. The molecule has 1 aromatic rings. The third-order valence-corrected chi connectivity index (χ3v) is 3.24. The fourth-order valence-corrected chi connectivity index (χ4v) is 1.97. The third-order valence-electron chi connectivity index (χ3n) is 3.24. The SMILES string of the molecule is CCC(C)N(CC(=O)O)c1ccc(C(N)=O)c(C)c1. The molecule has 0 bridgehead atoms. The van der Waals surface area contributed by atoms with Crippen LogP contribution in [0.25, 0.3) is 0 Å². The van der Waals surface area contributed by atoms with Crippen LogP contribution in [0.4, 0.5) is 5.69 Å². The van der Waals surface area contributed by atoms with Crippen molar-refractivity contribution >= 4 is 17.6 Å². The molecule has 0 heterocycles. The van der Waals surface area contributed by atoms with Gasteiger partial charge in [-0.3, -0.25) is 9.59 Å². The van der Waals surface area contributed by atoms with Crippen LogP contribution in [-0.2, 0) is 4.79 Å². The Morgan fingerprint density at radius 2 is 2.05 bits per heavy atom.